The molecule has 124 valence electrons. The topological polar surface area (TPSA) is 75.3 Å². The zero-order valence-corrected chi connectivity index (χ0v) is 13.8. The number of ketones is 1. The minimum atomic E-state index is -0.340. The van der Waals surface area contributed by atoms with Gasteiger partial charge in [0.15, 0.2) is 5.78 Å². The Labute approximate surface area is 141 Å². The number of benzene rings is 2. The fraction of sp³-hybridized carbons (Fsp3) is 0.211. The van der Waals surface area contributed by atoms with Crippen molar-refractivity contribution in [2.24, 2.45) is 0 Å². The highest BCUT2D eigenvalue weighted by Gasteiger charge is 2.08. The second kappa shape index (κ2) is 8.06. The number of aryl methyl sites for hydroxylation is 1. The Morgan fingerprint density at radius 3 is 2.42 bits per heavy atom. The number of hydrogen-bond acceptors (Lipinski definition) is 3. The van der Waals surface area contributed by atoms with E-state index in [2.05, 4.69) is 10.6 Å². The Balaban J connectivity index is 1.83. The fourth-order valence-corrected chi connectivity index (χ4v) is 2.27. The van der Waals surface area contributed by atoms with E-state index in [1.165, 1.54) is 6.92 Å². The van der Waals surface area contributed by atoms with Crippen molar-refractivity contribution in [2.45, 2.75) is 20.3 Å². The molecule has 2 aromatic rings. The van der Waals surface area contributed by atoms with Crippen LogP contribution in [0.4, 0.5) is 5.69 Å². The highest BCUT2D eigenvalue weighted by Crippen LogP contribution is 2.11. The Morgan fingerprint density at radius 1 is 0.958 bits per heavy atom. The second-order valence-electron chi connectivity index (χ2n) is 5.63. The van der Waals surface area contributed by atoms with Crippen LogP contribution in [0.3, 0.4) is 0 Å². The molecule has 0 radical (unpaired) electrons. The fourth-order valence-electron chi connectivity index (χ4n) is 2.27. The smallest absolute Gasteiger partial charge is 0.243 e. The van der Waals surface area contributed by atoms with Gasteiger partial charge in [0.05, 0.1) is 13.0 Å². The van der Waals surface area contributed by atoms with Crippen molar-refractivity contribution in [1.82, 2.24) is 5.32 Å². The molecule has 0 aromatic heterocycles. The van der Waals surface area contributed by atoms with Crippen molar-refractivity contribution >= 4 is 23.3 Å². The predicted octanol–water partition coefficient (Wildman–Crippen LogP) is 2.50. The lowest BCUT2D eigenvalue weighted by Gasteiger charge is -2.08. The Kier molecular flexibility index (Phi) is 5.84. The number of carbonyl (C=O) groups is 3. The molecule has 0 saturated carbocycles. The molecule has 0 heterocycles. The van der Waals surface area contributed by atoms with Gasteiger partial charge in [0.25, 0.3) is 0 Å². The van der Waals surface area contributed by atoms with E-state index in [0.717, 1.165) is 11.1 Å². The summed E-state index contributed by atoms with van der Waals surface area (Å²) in [7, 11) is 0. The predicted molar refractivity (Wildman–Crippen MR) is 93.0 cm³/mol. The maximum Gasteiger partial charge on any atom is 0.243 e. The molecule has 0 atom stereocenters. The largest absolute Gasteiger partial charge is 0.347 e. The van der Waals surface area contributed by atoms with Crippen molar-refractivity contribution in [2.75, 3.05) is 11.9 Å². The molecule has 2 amide bonds. The lowest BCUT2D eigenvalue weighted by molar-refractivity contribution is -0.123. The van der Waals surface area contributed by atoms with Crippen LogP contribution in [-0.4, -0.2) is 24.1 Å². The highest BCUT2D eigenvalue weighted by molar-refractivity contribution is 5.98. The van der Waals surface area contributed by atoms with Crippen LogP contribution in [0.25, 0.3) is 0 Å². The summed E-state index contributed by atoms with van der Waals surface area (Å²) >= 11 is 0. The van der Waals surface area contributed by atoms with Crippen LogP contribution in [-0.2, 0) is 16.0 Å². The molecule has 0 fully saturated rings. The van der Waals surface area contributed by atoms with E-state index in [9.17, 15) is 14.4 Å². The monoisotopic (exact) mass is 324 g/mol. The minimum Gasteiger partial charge on any atom is -0.347 e. The lowest BCUT2D eigenvalue weighted by atomic mass is 10.1. The first-order valence-corrected chi connectivity index (χ1v) is 7.67. The Bertz CT molecular complexity index is 769. The van der Waals surface area contributed by atoms with Crippen molar-refractivity contribution in [3.8, 4) is 0 Å². The molecule has 0 spiro atoms. The summed E-state index contributed by atoms with van der Waals surface area (Å²) in [6.07, 6.45) is 0.231. The van der Waals surface area contributed by atoms with Crippen LogP contribution in [0.1, 0.15) is 28.4 Å². The van der Waals surface area contributed by atoms with Gasteiger partial charge in [-0.2, -0.15) is 0 Å². The third-order valence-corrected chi connectivity index (χ3v) is 3.45. The first kappa shape index (κ1) is 17.4. The van der Waals surface area contributed by atoms with Gasteiger partial charge in [-0.1, -0.05) is 42.0 Å². The summed E-state index contributed by atoms with van der Waals surface area (Å²) in [5.74, 6) is -0.626. The van der Waals surface area contributed by atoms with Gasteiger partial charge in [0.2, 0.25) is 11.8 Å². The number of nitrogens with one attached hydrogen (secondary N) is 2. The zero-order chi connectivity index (χ0) is 17.5. The highest BCUT2D eigenvalue weighted by atomic mass is 16.2. The van der Waals surface area contributed by atoms with Crippen molar-refractivity contribution in [3.05, 3.63) is 65.2 Å². The van der Waals surface area contributed by atoms with Gasteiger partial charge in [-0.05, 0) is 31.5 Å². The van der Waals surface area contributed by atoms with E-state index < -0.39 is 0 Å². The molecule has 5 nitrogen and oxygen atoms in total. The first-order chi connectivity index (χ1) is 11.4. The second-order valence-corrected chi connectivity index (χ2v) is 5.63. The number of amides is 2. The molecular weight excluding hydrogens is 304 g/mol. The summed E-state index contributed by atoms with van der Waals surface area (Å²) in [4.78, 5) is 35.1. The van der Waals surface area contributed by atoms with Crippen LogP contribution in [0, 0.1) is 6.92 Å². The molecule has 0 aliphatic rings. The number of hydrogen-bond donors (Lipinski definition) is 2. The van der Waals surface area contributed by atoms with Gasteiger partial charge in [-0.25, -0.2) is 0 Å². The van der Waals surface area contributed by atoms with E-state index >= 15 is 0 Å². The Morgan fingerprint density at radius 2 is 1.71 bits per heavy atom. The quantitative estimate of drug-likeness (QED) is 0.802. The summed E-state index contributed by atoms with van der Waals surface area (Å²) in [6.45, 7) is 3.31. The third-order valence-electron chi connectivity index (χ3n) is 3.45. The van der Waals surface area contributed by atoms with Crippen LogP contribution in [0.5, 0.6) is 0 Å². The van der Waals surface area contributed by atoms with Crippen LogP contribution in [0.2, 0.25) is 0 Å². The molecule has 0 aliphatic carbocycles. The molecular formula is C19H20N2O3. The van der Waals surface area contributed by atoms with Gasteiger partial charge in [0.1, 0.15) is 0 Å². The molecule has 2 N–H and O–H groups in total. The summed E-state index contributed by atoms with van der Waals surface area (Å²) < 4.78 is 0. The molecule has 0 bridgehead atoms. The molecule has 0 saturated heterocycles. The molecule has 2 rings (SSSR count). The van der Waals surface area contributed by atoms with Crippen LogP contribution in [0.15, 0.2) is 48.5 Å². The van der Waals surface area contributed by atoms with E-state index in [4.69, 9.17) is 0 Å². The van der Waals surface area contributed by atoms with Crippen molar-refractivity contribution in [3.63, 3.8) is 0 Å². The minimum absolute atomic E-state index is 0.0717. The molecule has 2 aromatic carbocycles. The van der Waals surface area contributed by atoms with Gasteiger partial charge in [0, 0.05) is 11.3 Å². The molecule has 0 unspecified atom stereocenters. The zero-order valence-electron chi connectivity index (χ0n) is 13.8. The summed E-state index contributed by atoms with van der Waals surface area (Å²) in [5, 5.41) is 5.25. The SMILES string of the molecule is CC(=O)c1cccc(NC(=O)CNC(=O)Cc2cccc(C)c2)c1. The van der Waals surface area contributed by atoms with Crippen LogP contribution < -0.4 is 10.6 Å². The molecule has 0 aliphatic heterocycles. The average Bonchev–Trinajstić information content (AvgIpc) is 2.53. The van der Waals surface area contributed by atoms with E-state index in [1.54, 1.807) is 24.3 Å². The van der Waals surface area contributed by atoms with E-state index in [-0.39, 0.29) is 30.6 Å². The summed E-state index contributed by atoms with van der Waals surface area (Å²) in [5.41, 5.74) is 3.04. The van der Waals surface area contributed by atoms with Crippen molar-refractivity contribution < 1.29 is 14.4 Å². The molecule has 5 heteroatoms. The maximum atomic E-state index is 11.9. The Hall–Kier alpha value is -2.95. The first-order valence-electron chi connectivity index (χ1n) is 7.67. The maximum absolute atomic E-state index is 11.9. The van der Waals surface area contributed by atoms with Gasteiger partial charge in [-0.3, -0.25) is 14.4 Å². The number of Topliss-reactive ketones (excluding diaryl/α,β-unsaturated/α-hetero) is 1. The van der Waals surface area contributed by atoms with Gasteiger partial charge in [-0.15, -0.1) is 0 Å². The summed E-state index contributed by atoms with van der Waals surface area (Å²) in [6, 6.07) is 14.3. The van der Waals surface area contributed by atoms with Crippen molar-refractivity contribution in [1.29, 1.82) is 0 Å². The van der Waals surface area contributed by atoms with Crippen LogP contribution >= 0.6 is 0 Å². The molecule has 24 heavy (non-hydrogen) atoms. The van der Waals surface area contributed by atoms with E-state index in [0.29, 0.717) is 11.3 Å². The number of rotatable bonds is 6. The van der Waals surface area contributed by atoms with E-state index in [1.807, 2.05) is 31.2 Å². The number of carbonyl (C=O) groups excluding carboxylic acids is 3. The lowest BCUT2D eigenvalue weighted by Crippen LogP contribution is -2.33. The standard InChI is InChI=1S/C19H20N2O3/c1-13-5-3-6-15(9-13)10-18(23)20-12-19(24)21-17-8-4-7-16(11-17)14(2)22/h3-9,11H,10,12H2,1-2H3,(H,20,23)(H,21,24). The van der Waals surface area contributed by atoms with Gasteiger partial charge >= 0.3 is 0 Å². The average molecular weight is 324 g/mol. The number of anilines is 1. The van der Waals surface area contributed by atoms with Gasteiger partial charge < -0.3 is 10.6 Å². The third kappa shape index (κ3) is 5.35. The normalized spacial score (nSPS) is 10.1.